The summed E-state index contributed by atoms with van der Waals surface area (Å²) >= 11 is 0. The first-order valence-corrected chi connectivity index (χ1v) is 16.2. The number of halogens is 1. The minimum Gasteiger partial charge on any atom is -0.456 e. The number of unbranched alkanes of at least 4 members (excludes halogenated alkanes) is 1. The molecule has 0 aliphatic heterocycles. The fraction of sp³-hybridized carbons (Fsp3) is 0.794. The molecule has 0 radical (unpaired) electrons. The maximum Gasteiger partial charge on any atom is 0.332 e. The Balaban J connectivity index is 1.60. The summed E-state index contributed by atoms with van der Waals surface area (Å²) in [5.74, 6) is -3.08. The lowest BCUT2D eigenvalue weighted by Crippen LogP contribution is -2.70. The number of allylic oxidation sites excluding steroid dienone is 4. The van der Waals surface area contributed by atoms with Gasteiger partial charge in [-0.2, -0.15) is 0 Å². The average molecular weight is 607 g/mol. The van der Waals surface area contributed by atoms with Gasteiger partial charge >= 0.3 is 11.9 Å². The molecular weight excluding hydrogens is 555 g/mol. The van der Waals surface area contributed by atoms with Gasteiger partial charge in [-0.3, -0.25) is 9.59 Å². The summed E-state index contributed by atoms with van der Waals surface area (Å²) in [6.45, 7) is 9.79. The van der Waals surface area contributed by atoms with Crippen LogP contribution in [0.15, 0.2) is 23.8 Å². The summed E-state index contributed by atoms with van der Waals surface area (Å²) in [6, 6.07) is 0. The fourth-order valence-electron chi connectivity index (χ4n) is 8.90. The molecule has 4 aliphatic rings. The Kier molecular flexibility index (Phi) is 10.6. The van der Waals surface area contributed by atoms with Gasteiger partial charge in [0, 0.05) is 35.7 Å². The molecule has 43 heavy (non-hydrogen) atoms. The van der Waals surface area contributed by atoms with Crippen molar-refractivity contribution >= 4 is 17.7 Å². The van der Waals surface area contributed by atoms with E-state index in [9.17, 15) is 19.5 Å². The van der Waals surface area contributed by atoms with E-state index >= 15 is 4.39 Å². The number of aliphatic hydroxyl groups excluding tert-OH is 1. The van der Waals surface area contributed by atoms with Gasteiger partial charge in [0.1, 0.15) is 6.61 Å². The molecule has 0 aromatic carbocycles. The van der Waals surface area contributed by atoms with Crippen LogP contribution in [0.25, 0.3) is 0 Å². The predicted octanol–water partition coefficient (Wildman–Crippen LogP) is 5.45. The van der Waals surface area contributed by atoms with Crippen molar-refractivity contribution in [2.75, 3.05) is 33.0 Å². The van der Waals surface area contributed by atoms with Crippen LogP contribution in [0, 0.1) is 28.6 Å². The number of alkyl halides is 1. The summed E-state index contributed by atoms with van der Waals surface area (Å²) in [7, 11) is 0. The number of carbonyl (C=O) groups is 3. The summed E-state index contributed by atoms with van der Waals surface area (Å²) in [4.78, 5) is 39.9. The number of hydrogen-bond donors (Lipinski definition) is 1. The van der Waals surface area contributed by atoms with Gasteiger partial charge in [-0.15, -0.1) is 0 Å². The van der Waals surface area contributed by atoms with Crippen LogP contribution in [-0.4, -0.2) is 73.2 Å². The van der Waals surface area contributed by atoms with Crippen LogP contribution in [-0.2, 0) is 33.3 Å². The van der Waals surface area contributed by atoms with Crippen molar-refractivity contribution in [2.45, 2.75) is 110 Å². The number of ether oxygens (including phenoxy) is 4. The van der Waals surface area contributed by atoms with E-state index in [0.29, 0.717) is 38.9 Å². The van der Waals surface area contributed by atoms with Gasteiger partial charge < -0.3 is 24.1 Å². The molecule has 0 saturated heterocycles. The summed E-state index contributed by atoms with van der Waals surface area (Å²) in [6.07, 6.45) is 9.39. The molecule has 0 bridgehead atoms. The molecule has 4 rings (SSSR count). The second kappa shape index (κ2) is 13.5. The topological polar surface area (TPSA) is 108 Å². The minimum absolute atomic E-state index is 0.0483. The van der Waals surface area contributed by atoms with Gasteiger partial charge in [-0.1, -0.05) is 57.9 Å². The van der Waals surface area contributed by atoms with E-state index in [4.69, 9.17) is 18.9 Å². The second-order valence-electron chi connectivity index (χ2n) is 13.4. The normalized spacial score (nSPS) is 38.0. The Labute approximate surface area is 255 Å². The van der Waals surface area contributed by atoms with Gasteiger partial charge in [0.15, 0.2) is 17.9 Å². The molecule has 4 aliphatic carbocycles. The van der Waals surface area contributed by atoms with Crippen LogP contribution in [0.4, 0.5) is 4.39 Å². The zero-order valence-electron chi connectivity index (χ0n) is 26.6. The molecular formula is C34H51FO8. The molecule has 1 N–H and O–H groups in total. The molecule has 3 saturated carbocycles. The van der Waals surface area contributed by atoms with Gasteiger partial charge in [0.2, 0.25) is 5.78 Å². The highest BCUT2D eigenvalue weighted by Crippen LogP contribution is 2.71. The van der Waals surface area contributed by atoms with Crippen molar-refractivity contribution in [3.05, 3.63) is 23.8 Å². The molecule has 9 heteroatoms. The quantitative estimate of drug-likeness (QED) is 0.158. The van der Waals surface area contributed by atoms with Crippen molar-refractivity contribution < 1.29 is 42.8 Å². The Morgan fingerprint density at radius 1 is 1.02 bits per heavy atom. The van der Waals surface area contributed by atoms with Crippen LogP contribution >= 0.6 is 0 Å². The third-order valence-corrected chi connectivity index (χ3v) is 11.0. The van der Waals surface area contributed by atoms with Crippen molar-refractivity contribution in [3.8, 4) is 0 Å². The van der Waals surface area contributed by atoms with E-state index in [-0.39, 0.29) is 32.0 Å². The lowest BCUT2D eigenvalue weighted by atomic mass is 9.44. The highest BCUT2D eigenvalue weighted by Gasteiger charge is 2.77. The first-order chi connectivity index (χ1) is 20.4. The monoisotopic (exact) mass is 606 g/mol. The van der Waals surface area contributed by atoms with Crippen LogP contribution < -0.4 is 0 Å². The Bertz CT molecular complexity index is 1100. The van der Waals surface area contributed by atoms with Crippen LogP contribution in [0.1, 0.15) is 92.4 Å². The summed E-state index contributed by atoms with van der Waals surface area (Å²) in [5, 5.41) is 11.7. The lowest BCUT2D eigenvalue weighted by Gasteiger charge is -2.63. The first kappa shape index (κ1) is 33.8. The molecule has 242 valence electrons. The molecule has 0 amide bonds. The van der Waals surface area contributed by atoms with E-state index in [0.717, 1.165) is 24.8 Å². The minimum atomic E-state index is -1.92. The molecule has 0 aromatic heterocycles. The predicted molar refractivity (Wildman–Crippen MR) is 159 cm³/mol. The number of hydrogen-bond acceptors (Lipinski definition) is 8. The lowest BCUT2D eigenvalue weighted by molar-refractivity contribution is -0.228. The SMILES string of the molecule is CCCCC(=O)OC1(C(=O)COC(=O)COCCOCCC)C(C)CC2C3CCC4=CCC=CC4(C)C3(F)C(O)CC21C. The van der Waals surface area contributed by atoms with Gasteiger partial charge in [-0.05, 0) is 57.8 Å². The van der Waals surface area contributed by atoms with Gasteiger partial charge in [-0.25, -0.2) is 9.18 Å². The maximum absolute atomic E-state index is 17.6. The third kappa shape index (κ3) is 5.74. The number of carbonyl (C=O) groups excluding carboxylic acids is 3. The van der Waals surface area contributed by atoms with E-state index < -0.39 is 64.4 Å². The Morgan fingerprint density at radius 3 is 2.49 bits per heavy atom. The number of ketones is 1. The van der Waals surface area contributed by atoms with Crippen LogP contribution in [0.5, 0.6) is 0 Å². The number of Topliss-reactive ketones (excluding diaryl/α,β-unsaturated/α-hetero) is 1. The van der Waals surface area contributed by atoms with Gasteiger partial charge in [0.05, 0.1) is 19.3 Å². The Morgan fingerprint density at radius 2 is 1.77 bits per heavy atom. The standard InChI is InChI=1S/C34H51FO8/c1-6-8-12-29(38)43-34(28(37)21-42-30(39)22-41-18-17-40-16-7-2)23(3)19-26-25-14-13-24-11-9-10-15-31(24,4)33(25,35)27(36)20-32(26,34)5/h10-11,15,23,25-27,36H,6-9,12-14,16-22H2,1-5H3. The average Bonchev–Trinajstić information content (AvgIpc) is 3.19. The fourth-order valence-corrected chi connectivity index (χ4v) is 8.90. The van der Waals surface area contributed by atoms with Crippen molar-refractivity contribution in [2.24, 2.45) is 28.6 Å². The third-order valence-electron chi connectivity index (χ3n) is 11.0. The summed E-state index contributed by atoms with van der Waals surface area (Å²) in [5.41, 5.74) is -4.57. The molecule has 0 heterocycles. The largest absolute Gasteiger partial charge is 0.456 e. The summed E-state index contributed by atoms with van der Waals surface area (Å²) < 4.78 is 39.8. The zero-order valence-corrected chi connectivity index (χ0v) is 26.6. The number of aliphatic hydroxyl groups is 1. The smallest absolute Gasteiger partial charge is 0.332 e. The molecule has 8 nitrogen and oxygen atoms in total. The van der Waals surface area contributed by atoms with E-state index in [2.05, 4.69) is 6.08 Å². The second-order valence-corrected chi connectivity index (χ2v) is 13.4. The highest BCUT2D eigenvalue weighted by molar-refractivity contribution is 5.93. The van der Waals surface area contributed by atoms with Crippen molar-refractivity contribution in [3.63, 3.8) is 0 Å². The number of rotatable bonds is 14. The molecule has 0 aromatic rings. The van der Waals surface area contributed by atoms with E-state index in [1.165, 1.54) is 0 Å². The van der Waals surface area contributed by atoms with Crippen molar-refractivity contribution in [1.82, 2.24) is 0 Å². The number of esters is 2. The van der Waals surface area contributed by atoms with Crippen LogP contribution in [0.3, 0.4) is 0 Å². The van der Waals surface area contributed by atoms with Gasteiger partial charge in [0.25, 0.3) is 0 Å². The zero-order chi connectivity index (χ0) is 31.5. The number of fused-ring (bicyclic) bond motifs is 5. The molecule has 8 atom stereocenters. The molecule has 0 spiro atoms. The first-order valence-electron chi connectivity index (χ1n) is 16.2. The van der Waals surface area contributed by atoms with Crippen LogP contribution in [0.2, 0.25) is 0 Å². The van der Waals surface area contributed by atoms with E-state index in [1.54, 1.807) is 0 Å². The highest BCUT2D eigenvalue weighted by atomic mass is 19.1. The van der Waals surface area contributed by atoms with Crippen molar-refractivity contribution in [1.29, 1.82) is 0 Å². The molecule has 3 fully saturated rings. The Hall–Kier alpha value is -2.10. The molecule has 8 unspecified atom stereocenters. The van der Waals surface area contributed by atoms with E-state index in [1.807, 2.05) is 46.8 Å². The maximum atomic E-state index is 17.6.